The van der Waals surface area contributed by atoms with E-state index < -0.39 is 0 Å². The van der Waals surface area contributed by atoms with Gasteiger partial charge in [0.05, 0.1) is 0 Å². The molecule has 1 aromatic heterocycles. The highest BCUT2D eigenvalue weighted by Gasteiger charge is 2.15. The Labute approximate surface area is 171 Å². The Kier molecular flexibility index (Phi) is 5.32. The highest BCUT2D eigenvalue weighted by molar-refractivity contribution is 5.99. The fourth-order valence-corrected chi connectivity index (χ4v) is 3.85. The van der Waals surface area contributed by atoms with Gasteiger partial charge in [0.15, 0.2) is 0 Å². The Morgan fingerprint density at radius 3 is 2.10 bits per heavy atom. The molecule has 0 atom stereocenters. The third-order valence-electron chi connectivity index (χ3n) is 5.30. The van der Waals surface area contributed by atoms with Crippen LogP contribution in [0.2, 0.25) is 0 Å². The van der Waals surface area contributed by atoms with Gasteiger partial charge in [0, 0.05) is 18.1 Å². The van der Waals surface area contributed by atoms with Crippen molar-refractivity contribution in [3.05, 3.63) is 84.1 Å². The van der Waals surface area contributed by atoms with Crippen LogP contribution < -0.4 is 5.73 Å². The molecular weight excluding hydrogens is 356 g/mol. The molecule has 0 saturated carbocycles. The van der Waals surface area contributed by atoms with Crippen molar-refractivity contribution in [2.24, 2.45) is 11.7 Å². The van der Waals surface area contributed by atoms with Crippen LogP contribution in [0.1, 0.15) is 25.0 Å². The van der Waals surface area contributed by atoms with E-state index in [1.54, 1.807) is 6.20 Å². The molecule has 29 heavy (non-hydrogen) atoms. The molecule has 0 amide bonds. The van der Waals surface area contributed by atoms with Gasteiger partial charge in [-0.05, 0) is 63.2 Å². The maximum absolute atomic E-state index is 10.5. The molecule has 0 aliphatic carbocycles. The molecule has 4 aromatic rings. The number of fused-ring (bicyclic) bond motifs is 1. The van der Waals surface area contributed by atoms with Crippen molar-refractivity contribution < 1.29 is 5.11 Å². The van der Waals surface area contributed by atoms with Gasteiger partial charge in [0.25, 0.3) is 0 Å². The largest absolute Gasteiger partial charge is 0.493 e. The molecule has 3 N–H and O–H groups in total. The van der Waals surface area contributed by atoms with Crippen LogP contribution in [-0.2, 0) is 13.0 Å². The van der Waals surface area contributed by atoms with Crippen LogP contribution in [0.15, 0.2) is 72.9 Å². The number of nitrogens with two attached hydrogens (primary N) is 1. The summed E-state index contributed by atoms with van der Waals surface area (Å²) in [5.41, 5.74) is 12.5. The molecule has 0 aliphatic heterocycles. The van der Waals surface area contributed by atoms with E-state index in [9.17, 15) is 5.11 Å². The summed E-state index contributed by atoms with van der Waals surface area (Å²) in [7, 11) is 0. The van der Waals surface area contributed by atoms with Gasteiger partial charge in [0.2, 0.25) is 5.88 Å². The maximum Gasteiger partial charge on any atom is 0.218 e. The van der Waals surface area contributed by atoms with Gasteiger partial charge in [-0.25, -0.2) is 4.98 Å². The Hall–Kier alpha value is -3.17. The van der Waals surface area contributed by atoms with E-state index in [2.05, 4.69) is 67.4 Å². The first kappa shape index (κ1) is 19.2. The number of hydrogen-bond donors (Lipinski definition) is 2. The summed E-state index contributed by atoms with van der Waals surface area (Å²) < 4.78 is 0. The van der Waals surface area contributed by atoms with Crippen LogP contribution in [0.4, 0.5) is 0 Å². The van der Waals surface area contributed by atoms with Gasteiger partial charge >= 0.3 is 0 Å². The highest BCUT2D eigenvalue weighted by atomic mass is 16.3. The van der Waals surface area contributed by atoms with E-state index in [4.69, 9.17) is 5.73 Å². The highest BCUT2D eigenvalue weighted by Crippen LogP contribution is 2.39. The van der Waals surface area contributed by atoms with Gasteiger partial charge in [-0.1, -0.05) is 68.4 Å². The molecule has 0 aliphatic rings. The standard InChI is InChI=1S/C26H26N2O/c1-17(2)12-21-16-28-26(29)25-14-23(19-6-4-3-5-7-19)22(13-24(21)25)20-10-8-18(15-27)9-11-20/h3-11,13-14,16-17H,12,15,27H2,1-2H3,(H,28,29). The third-order valence-corrected chi connectivity index (χ3v) is 5.30. The molecule has 0 saturated heterocycles. The minimum atomic E-state index is 0.0784. The number of hydrogen-bond acceptors (Lipinski definition) is 3. The number of rotatable bonds is 5. The summed E-state index contributed by atoms with van der Waals surface area (Å²) in [5, 5.41) is 12.4. The molecule has 0 unspecified atom stereocenters. The number of pyridine rings is 1. The number of aromatic nitrogens is 1. The van der Waals surface area contributed by atoms with Crippen molar-refractivity contribution in [3.8, 4) is 28.1 Å². The quantitative estimate of drug-likeness (QED) is 0.450. The smallest absolute Gasteiger partial charge is 0.218 e. The average Bonchev–Trinajstić information content (AvgIpc) is 2.75. The average molecular weight is 383 g/mol. The molecule has 0 fully saturated rings. The summed E-state index contributed by atoms with van der Waals surface area (Å²) in [6.07, 6.45) is 2.72. The molecule has 3 nitrogen and oxygen atoms in total. The Bertz CT molecular complexity index is 1130. The maximum atomic E-state index is 10.5. The fourth-order valence-electron chi connectivity index (χ4n) is 3.85. The van der Waals surface area contributed by atoms with Crippen molar-refractivity contribution in [3.63, 3.8) is 0 Å². The molecule has 1 heterocycles. The summed E-state index contributed by atoms with van der Waals surface area (Å²) in [4.78, 5) is 4.26. The van der Waals surface area contributed by atoms with Crippen LogP contribution >= 0.6 is 0 Å². The van der Waals surface area contributed by atoms with Gasteiger partial charge < -0.3 is 10.8 Å². The normalized spacial score (nSPS) is 11.3. The topological polar surface area (TPSA) is 59.1 Å². The lowest BCUT2D eigenvalue weighted by atomic mass is 9.89. The summed E-state index contributed by atoms with van der Waals surface area (Å²) >= 11 is 0. The van der Waals surface area contributed by atoms with E-state index in [0.29, 0.717) is 12.5 Å². The van der Waals surface area contributed by atoms with Crippen LogP contribution in [0.25, 0.3) is 33.0 Å². The zero-order valence-corrected chi connectivity index (χ0v) is 16.9. The van der Waals surface area contributed by atoms with Crippen molar-refractivity contribution in [2.75, 3.05) is 0 Å². The first-order chi connectivity index (χ1) is 14.1. The first-order valence-corrected chi connectivity index (χ1v) is 10.1. The second-order valence-electron chi connectivity index (χ2n) is 7.92. The molecule has 3 aromatic carbocycles. The predicted molar refractivity (Wildman–Crippen MR) is 121 cm³/mol. The summed E-state index contributed by atoms with van der Waals surface area (Å²) in [6.45, 7) is 4.93. The van der Waals surface area contributed by atoms with E-state index in [1.807, 2.05) is 18.2 Å². The molecule has 4 rings (SSSR count). The van der Waals surface area contributed by atoms with Crippen LogP contribution in [0.3, 0.4) is 0 Å². The molecule has 0 radical (unpaired) electrons. The lowest BCUT2D eigenvalue weighted by Crippen LogP contribution is -1.98. The third kappa shape index (κ3) is 3.87. The van der Waals surface area contributed by atoms with Gasteiger partial charge in [-0.15, -0.1) is 0 Å². The first-order valence-electron chi connectivity index (χ1n) is 10.1. The molecule has 146 valence electrons. The number of nitrogens with zero attached hydrogens (tertiary/aromatic N) is 1. The van der Waals surface area contributed by atoms with Crippen LogP contribution in [-0.4, -0.2) is 10.1 Å². The van der Waals surface area contributed by atoms with Crippen LogP contribution in [0, 0.1) is 5.92 Å². The summed E-state index contributed by atoms with van der Waals surface area (Å²) in [5.74, 6) is 0.584. The monoisotopic (exact) mass is 382 g/mol. The van der Waals surface area contributed by atoms with E-state index in [1.165, 1.54) is 0 Å². The zero-order valence-electron chi connectivity index (χ0n) is 16.9. The lowest BCUT2D eigenvalue weighted by Gasteiger charge is -2.16. The van der Waals surface area contributed by atoms with Crippen LogP contribution in [0.5, 0.6) is 5.88 Å². The van der Waals surface area contributed by atoms with Gasteiger partial charge in [0.1, 0.15) is 0 Å². The lowest BCUT2D eigenvalue weighted by molar-refractivity contribution is 0.460. The molecule has 0 spiro atoms. The molecular formula is C26H26N2O. The Balaban J connectivity index is 2.01. The Morgan fingerprint density at radius 2 is 1.48 bits per heavy atom. The van der Waals surface area contributed by atoms with Crippen molar-refractivity contribution >= 4 is 10.8 Å². The minimum absolute atomic E-state index is 0.0784. The molecule has 0 bridgehead atoms. The number of aromatic hydroxyl groups is 1. The SMILES string of the molecule is CC(C)Cc1cnc(O)c2cc(-c3ccccc3)c(-c3ccc(CN)cc3)cc12. The second-order valence-corrected chi connectivity index (χ2v) is 7.92. The summed E-state index contributed by atoms with van der Waals surface area (Å²) in [6, 6.07) is 23.0. The van der Waals surface area contributed by atoms with Gasteiger partial charge in [-0.3, -0.25) is 0 Å². The minimum Gasteiger partial charge on any atom is -0.493 e. The van der Waals surface area contributed by atoms with E-state index in [-0.39, 0.29) is 5.88 Å². The van der Waals surface area contributed by atoms with Crippen molar-refractivity contribution in [2.45, 2.75) is 26.8 Å². The number of benzene rings is 3. The second kappa shape index (κ2) is 8.06. The van der Waals surface area contributed by atoms with E-state index >= 15 is 0 Å². The van der Waals surface area contributed by atoms with Crippen molar-refractivity contribution in [1.82, 2.24) is 4.98 Å². The molecule has 3 heteroatoms. The Morgan fingerprint density at radius 1 is 0.862 bits per heavy atom. The van der Waals surface area contributed by atoms with E-state index in [0.717, 1.165) is 50.6 Å². The predicted octanol–water partition coefficient (Wildman–Crippen LogP) is 5.93. The van der Waals surface area contributed by atoms with Gasteiger partial charge in [-0.2, -0.15) is 0 Å². The van der Waals surface area contributed by atoms with Crippen molar-refractivity contribution in [1.29, 1.82) is 0 Å². The zero-order chi connectivity index (χ0) is 20.4. The fraction of sp³-hybridized carbons (Fsp3) is 0.192.